The number of benzene rings is 7. The molecule has 0 bridgehead atoms. The summed E-state index contributed by atoms with van der Waals surface area (Å²) in [5.74, 6) is 0.732. The van der Waals surface area contributed by atoms with Crippen LogP contribution in [0.5, 0.6) is 0 Å². The molecule has 4 aromatic heterocycles. The highest BCUT2D eigenvalue weighted by molar-refractivity contribution is 7.26. The summed E-state index contributed by atoms with van der Waals surface area (Å²) in [4.78, 5) is 10.7. The predicted octanol–water partition coefficient (Wildman–Crippen LogP) is 14.3. The summed E-state index contributed by atoms with van der Waals surface area (Å²) < 4.78 is 7.46. The Balaban J connectivity index is 1.25. The molecule has 0 amide bonds. The average molecular weight is 736 g/mol. The van der Waals surface area contributed by atoms with Gasteiger partial charge in [0, 0.05) is 63.3 Å². The van der Waals surface area contributed by atoms with Crippen molar-refractivity contribution in [2.45, 2.75) is 0 Å². The summed E-state index contributed by atoms with van der Waals surface area (Å²) in [7, 11) is 0. The molecule has 12 rings (SSSR count). The zero-order valence-electron chi connectivity index (χ0n) is 29.4. The molecule has 0 atom stereocenters. The topological polar surface area (TPSA) is 30.7 Å². The Hall–Kier alpha value is -6.66. The van der Waals surface area contributed by atoms with Crippen LogP contribution in [-0.2, 0) is 0 Å². The second-order valence-corrected chi connectivity index (χ2v) is 16.2. The fraction of sp³-hybridized carbons (Fsp3) is 0. The van der Waals surface area contributed by atoms with Crippen LogP contribution in [0.4, 0.5) is 0 Å². The van der Waals surface area contributed by atoms with E-state index in [1.54, 1.807) is 11.3 Å². The van der Waals surface area contributed by atoms with Crippen molar-refractivity contribution in [3.63, 3.8) is 0 Å². The molecule has 0 radical (unpaired) electrons. The largest absolute Gasteiger partial charge is 0.307 e. The molecular weight excluding hydrogens is 707 g/mol. The van der Waals surface area contributed by atoms with E-state index in [0.717, 1.165) is 49.4 Å². The minimum atomic E-state index is 0.732. The van der Waals surface area contributed by atoms with Gasteiger partial charge in [-0.15, -0.1) is 22.7 Å². The van der Waals surface area contributed by atoms with Gasteiger partial charge in [0.1, 0.15) is 0 Å². The molecule has 1 aliphatic rings. The van der Waals surface area contributed by atoms with Crippen LogP contribution in [0, 0.1) is 0 Å². The Morgan fingerprint density at radius 1 is 0.491 bits per heavy atom. The van der Waals surface area contributed by atoms with Gasteiger partial charge in [0.15, 0.2) is 5.82 Å². The number of para-hydroxylation sites is 1. The molecule has 11 aromatic rings. The van der Waals surface area contributed by atoms with Gasteiger partial charge < -0.3 is 4.57 Å². The van der Waals surface area contributed by atoms with Crippen molar-refractivity contribution in [1.29, 1.82) is 0 Å². The second-order valence-electron chi connectivity index (χ2n) is 14.1. The molecule has 0 unspecified atom stereocenters. The molecule has 4 heterocycles. The van der Waals surface area contributed by atoms with Crippen LogP contribution in [0.25, 0.3) is 107 Å². The summed E-state index contributed by atoms with van der Waals surface area (Å²) in [6.45, 7) is 0. The van der Waals surface area contributed by atoms with Crippen LogP contribution in [0.1, 0.15) is 5.56 Å². The molecular formula is C50H29N3S2. The lowest BCUT2D eigenvalue weighted by Crippen LogP contribution is -2.05. The van der Waals surface area contributed by atoms with Crippen LogP contribution in [0.15, 0.2) is 176 Å². The standard InChI is InChI=1S/C50H29N3S2/c1-3-14-30(15-4-1)38-28-33(45-49-46(37-22-9-12-25-42(37)55-49)52-50(51-45)32-16-5-2-6-17-32)29-39(31-18-13-19-31)47(38)53-40-23-10-7-20-34(40)35-26-27-43-44(48(35)53)36-21-8-11-24-41(36)54-43/h1-29H. The van der Waals surface area contributed by atoms with Gasteiger partial charge in [-0.1, -0.05) is 140 Å². The van der Waals surface area contributed by atoms with Crippen molar-refractivity contribution in [2.75, 3.05) is 0 Å². The van der Waals surface area contributed by atoms with E-state index in [0.29, 0.717) is 0 Å². The van der Waals surface area contributed by atoms with E-state index >= 15 is 0 Å². The van der Waals surface area contributed by atoms with Crippen LogP contribution in [0.2, 0.25) is 0 Å². The SMILES string of the molecule is C1=CC(c2cc(-c3nc(-c4ccccc4)nc4c3sc3ccccc34)cc(-c3ccccc3)c2-n2c3ccccc3c3ccc4sc5ccccc5c4c32)=C1. The van der Waals surface area contributed by atoms with E-state index in [4.69, 9.17) is 9.97 Å². The maximum atomic E-state index is 5.43. The molecule has 5 heteroatoms. The Morgan fingerprint density at radius 3 is 1.91 bits per heavy atom. The molecule has 256 valence electrons. The molecule has 0 fully saturated rings. The van der Waals surface area contributed by atoms with E-state index in [-0.39, 0.29) is 0 Å². The molecule has 0 aliphatic heterocycles. The third-order valence-corrected chi connectivity index (χ3v) is 13.3. The van der Waals surface area contributed by atoms with Crippen molar-refractivity contribution >= 4 is 90.5 Å². The zero-order valence-corrected chi connectivity index (χ0v) is 31.0. The van der Waals surface area contributed by atoms with Crippen molar-refractivity contribution in [3.05, 3.63) is 182 Å². The molecule has 0 N–H and O–H groups in total. The Morgan fingerprint density at radius 2 is 1.15 bits per heavy atom. The smallest absolute Gasteiger partial charge is 0.160 e. The van der Waals surface area contributed by atoms with Crippen molar-refractivity contribution < 1.29 is 0 Å². The minimum Gasteiger partial charge on any atom is -0.307 e. The third-order valence-electron chi connectivity index (χ3n) is 11.0. The highest BCUT2D eigenvalue weighted by atomic mass is 32.1. The van der Waals surface area contributed by atoms with Gasteiger partial charge in [0.25, 0.3) is 0 Å². The number of hydrogen-bond acceptors (Lipinski definition) is 4. The molecule has 0 spiro atoms. The monoisotopic (exact) mass is 735 g/mol. The Labute approximate surface area is 324 Å². The quantitative estimate of drug-likeness (QED) is 0.176. The highest BCUT2D eigenvalue weighted by Gasteiger charge is 2.26. The van der Waals surface area contributed by atoms with Crippen molar-refractivity contribution in [2.24, 2.45) is 0 Å². The van der Waals surface area contributed by atoms with Crippen LogP contribution in [0.3, 0.4) is 0 Å². The van der Waals surface area contributed by atoms with E-state index in [2.05, 4.69) is 174 Å². The molecule has 0 saturated carbocycles. The van der Waals surface area contributed by atoms with Gasteiger partial charge in [-0.05, 0) is 47.5 Å². The third kappa shape index (κ3) is 4.61. The van der Waals surface area contributed by atoms with Crippen molar-refractivity contribution in [1.82, 2.24) is 14.5 Å². The van der Waals surface area contributed by atoms with Crippen LogP contribution in [-0.4, -0.2) is 14.5 Å². The Kier molecular flexibility index (Phi) is 6.67. The normalized spacial score (nSPS) is 12.8. The molecule has 3 nitrogen and oxygen atoms in total. The number of fused-ring (bicyclic) bond motifs is 10. The minimum absolute atomic E-state index is 0.732. The summed E-state index contributed by atoms with van der Waals surface area (Å²) in [6.07, 6.45) is 6.63. The van der Waals surface area contributed by atoms with Gasteiger partial charge in [-0.25, -0.2) is 9.97 Å². The number of aromatic nitrogens is 3. The first kappa shape index (κ1) is 30.8. The Bertz CT molecular complexity index is 3420. The zero-order chi connectivity index (χ0) is 36.0. The summed E-state index contributed by atoms with van der Waals surface area (Å²) >= 11 is 3.64. The van der Waals surface area contributed by atoms with Crippen molar-refractivity contribution in [3.8, 4) is 39.5 Å². The fourth-order valence-corrected chi connectivity index (χ4v) is 10.7. The van der Waals surface area contributed by atoms with Gasteiger partial charge in [0.05, 0.1) is 32.6 Å². The number of nitrogens with zero attached hydrogens (tertiary/aromatic N) is 3. The average Bonchev–Trinajstić information content (AvgIpc) is 3.90. The first-order valence-corrected chi connectivity index (χ1v) is 20.1. The molecule has 1 aliphatic carbocycles. The fourth-order valence-electron chi connectivity index (χ4n) is 8.44. The summed E-state index contributed by atoms with van der Waals surface area (Å²) in [5, 5.41) is 6.26. The first-order chi connectivity index (χ1) is 27.3. The number of allylic oxidation sites excluding steroid dienone is 4. The van der Waals surface area contributed by atoms with E-state index in [1.807, 2.05) is 17.4 Å². The van der Waals surface area contributed by atoms with E-state index in [1.165, 1.54) is 63.5 Å². The van der Waals surface area contributed by atoms with Crippen LogP contribution < -0.4 is 0 Å². The lowest BCUT2D eigenvalue weighted by molar-refractivity contribution is 1.17. The van der Waals surface area contributed by atoms with Gasteiger partial charge in [-0.3, -0.25) is 0 Å². The number of thiophene rings is 2. The maximum absolute atomic E-state index is 5.43. The van der Waals surface area contributed by atoms with E-state index in [9.17, 15) is 0 Å². The van der Waals surface area contributed by atoms with E-state index < -0.39 is 0 Å². The summed E-state index contributed by atoms with van der Waals surface area (Å²) in [6, 6.07) is 57.0. The first-order valence-electron chi connectivity index (χ1n) is 18.5. The van der Waals surface area contributed by atoms with Crippen LogP contribution >= 0.6 is 22.7 Å². The molecule has 55 heavy (non-hydrogen) atoms. The number of hydrogen-bond donors (Lipinski definition) is 0. The van der Waals surface area contributed by atoms with Gasteiger partial charge in [-0.2, -0.15) is 0 Å². The molecule has 7 aromatic carbocycles. The maximum Gasteiger partial charge on any atom is 0.160 e. The lowest BCUT2D eigenvalue weighted by atomic mass is 9.89. The summed E-state index contributed by atoms with van der Waals surface area (Å²) in [5.41, 5.74) is 12.3. The highest BCUT2D eigenvalue weighted by Crippen LogP contribution is 2.48. The number of rotatable bonds is 5. The van der Waals surface area contributed by atoms with Gasteiger partial charge >= 0.3 is 0 Å². The lowest BCUT2D eigenvalue weighted by Gasteiger charge is -2.23. The molecule has 0 saturated heterocycles. The second kappa shape index (κ2) is 11.9. The van der Waals surface area contributed by atoms with Gasteiger partial charge in [0.2, 0.25) is 0 Å². The predicted molar refractivity (Wildman–Crippen MR) is 236 cm³/mol.